The van der Waals surface area contributed by atoms with Crippen LogP contribution >= 0.6 is 0 Å². The molecule has 0 aliphatic carbocycles. The Morgan fingerprint density at radius 3 is 2.57 bits per heavy atom. The summed E-state index contributed by atoms with van der Waals surface area (Å²) in [7, 11) is -3.60. The Hall–Kier alpha value is -2.71. The summed E-state index contributed by atoms with van der Waals surface area (Å²) in [5, 5.41) is 0. The van der Waals surface area contributed by atoms with Crippen molar-refractivity contribution in [3.8, 4) is 0 Å². The van der Waals surface area contributed by atoms with Gasteiger partial charge < -0.3 is 10.6 Å². The van der Waals surface area contributed by atoms with E-state index in [4.69, 9.17) is 5.73 Å². The third-order valence-corrected chi connectivity index (χ3v) is 6.76. The number of amides is 1. The van der Waals surface area contributed by atoms with Gasteiger partial charge in [-0.25, -0.2) is 8.42 Å². The molecule has 4 rings (SSSR count). The number of carbonyl (C=O) groups is 1. The van der Waals surface area contributed by atoms with Crippen LogP contribution in [0.2, 0.25) is 0 Å². The second-order valence-corrected chi connectivity index (χ2v) is 8.73. The highest BCUT2D eigenvalue weighted by Gasteiger charge is 2.35. The molecular formula is C20H22N4O3S. The lowest BCUT2D eigenvalue weighted by Crippen LogP contribution is -2.32. The van der Waals surface area contributed by atoms with Crippen molar-refractivity contribution in [3.63, 3.8) is 0 Å². The highest BCUT2D eigenvalue weighted by molar-refractivity contribution is 7.90. The number of sulfonamides is 1. The molecule has 1 amide bonds. The van der Waals surface area contributed by atoms with Gasteiger partial charge in [-0.05, 0) is 30.2 Å². The fraction of sp³-hybridized carbons (Fsp3) is 0.300. The maximum Gasteiger partial charge on any atom is 0.263 e. The fourth-order valence-corrected chi connectivity index (χ4v) is 5.14. The van der Waals surface area contributed by atoms with Gasteiger partial charge in [0.05, 0.1) is 4.90 Å². The summed E-state index contributed by atoms with van der Waals surface area (Å²) in [6.45, 7) is 1.58. The number of fused-ring (bicyclic) bond motifs is 1. The number of benzene rings is 2. The molecule has 0 aromatic heterocycles. The molecular weight excluding hydrogens is 376 g/mol. The molecule has 3 N–H and O–H groups in total. The lowest BCUT2D eigenvalue weighted by atomic mass is 9.89. The first kappa shape index (κ1) is 18.6. The van der Waals surface area contributed by atoms with Crippen molar-refractivity contribution >= 4 is 21.8 Å². The highest BCUT2D eigenvalue weighted by Crippen LogP contribution is 2.32. The van der Waals surface area contributed by atoms with Gasteiger partial charge in [0.25, 0.3) is 10.0 Å². The van der Waals surface area contributed by atoms with Crippen LogP contribution in [0.15, 0.2) is 64.5 Å². The number of carbonyl (C=O) groups excluding carboxylic acids is 1. The highest BCUT2D eigenvalue weighted by atomic mass is 32.2. The number of rotatable bonds is 4. The van der Waals surface area contributed by atoms with Crippen LogP contribution in [-0.2, 0) is 14.8 Å². The zero-order chi connectivity index (χ0) is 19.7. The van der Waals surface area contributed by atoms with E-state index in [2.05, 4.69) is 21.8 Å². The maximum atomic E-state index is 12.7. The van der Waals surface area contributed by atoms with Crippen LogP contribution in [0.4, 0.5) is 0 Å². The molecule has 0 bridgehead atoms. The minimum absolute atomic E-state index is 0.106. The van der Waals surface area contributed by atoms with Gasteiger partial charge in [0.15, 0.2) is 0 Å². The van der Waals surface area contributed by atoms with E-state index in [1.54, 1.807) is 23.1 Å². The van der Waals surface area contributed by atoms with Crippen molar-refractivity contribution in [2.75, 3.05) is 26.2 Å². The van der Waals surface area contributed by atoms with Gasteiger partial charge in [-0.3, -0.25) is 14.5 Å². The third-order valence-electron chi connectivity index (χ3n) is 5.36. The minimum atomic E-state index is -3.60. The second-order valence-electron chi connectivity index (χ2n) is 7.08. The summed E-state index contributed by atoms with van der Waals surface area (Å²) in [5.74, 6) is 0.490. The molecule has 0 spiro atoms. The standard InChI is InChI=1S/C20H22N4O3S/c21-10-15-12-24(13-17(15)14-6-2-1-3-7-14)19(25)11-22-20-16-8-4-5-9-18(16)28(26,27)23-20/h1-9,15,17H,10-13,21H2,(H,22,23)/t15-,17+/m1/s1. The fourth-order valence-electron chi connectivity index (χ4n) is 3.89. The summed E-state index contributed by atoms with van der Waals surface area (Å²) in [6.07, 6.45) is 0. The lowest BCUT2D eigenvalue weighted by molar-refractivity contribution is -0.128. The Balaban J connectivity index is 1.49. The topological polar surface area (TPSA) is 105 Å². The van der Waals surface area contributed by atoms with E-state index in [0.717, 1.165) is 0 Å². The molecule has 146 valence electrons. The number of nitrogens with two attached hydrogens (primary N) is 1. The summed E-state index contributed by atoms with van der Waals surface area (Å²) in [4.78, 5) is 18.9. The molecule has 2 aliphatic rings. The van der Waals surface area contributed by atoms with Gasteiger partial charge >= 0.3 is 0 Å². The van der Waals surface area contributed by atoms with E-state index in [-0.39, 0.29) is 35.0 Å². The Morgan fingerprint density at radius 2 is 1.82 bits per heavy atom. The molecule has 0 radical (unpaired) electrons. The molecule has 7 nitrogen and oxygen atoms in total. The Labute approximate surface area is 164 Å². The lowest BCUT2D eigenvalue weighted by Gasteiger charge is -2.16. The van der Waals surface area contributed by atoms with Crippen LogP contribution in [0.1, 0.15) is 17.0 Å². The molecule has 0 unspecified atom stereocenters. The number of hydrogen-bond donors (Lipinski definition) is 2. The largest absolute Gasteiger partial charge is 0.340 e. The molecule has 2 aromatic rings. The van der Waals surface area contributed by atoms with Crippen molar-refractivity contribution < 1.29 is 13.2 Å². The third kappa shape index (κ3) is 3.41. The average Bonchev–Trinajstić information content (AvgIpc) is 3.26. The molecule has 1 saturated heterocycles. The second kappa shape index (κ2) is 7.37. The average molecular weight is 398 g/mol. The van der Waals surface area contributed by atoms with Crippen molar-refractivity contribution in [1.29, 1.82) is 0 Å². The quantitative estimate of drug-likeness (QED) is 0.799. The molecule has 2 heterocycles. The Kier molecular flexibility index (Phi) is 4.91. The molecule has 2 atom stereocenters. The van der Waals surface area contributed by atoms with Crippen LogP contribution < -0.4 is 10.5 Å². The number of hydrogen-bond acceptors (Lipinski definition) is 5. The van der Waals surface area contributed by atoms with E-state index in [1.807, 2.05) is 18.2 Å². The van der Waals surface area contributed by atoms with Crippen molar-refractivity contribution in [3.05, 3.63) is 65.7 Å². The monoisotopic (exact) mass is 398 g/mol. The van der Waals surface area contributed by atoms with Gasteiger partial charge in [0.2, 0.25) is 5.91 Å². The van der Waals surface area contributed by atoms with Crippen LogP contribution in [-0.4, -0.2) is 51.2 Å². The summed E-state index contributed by atoms with van der Waals surface area (Å²) >= 11 is 0. The van der Waals surface area contributed by atoms with Crippen LogP contribution in [0.3, 0.4) is 0 Å². The maximum absolute atomic E-state index is 12.7. The molecule has 2 aromatic carbocycles. The van der Waals surface area contributed by atoms with Crippen LogP contribution in [0.5, 0.6) is 0 Å². The first-order valence-electron chi connectivity index (χ1n) is 9.19. The van der Waals surface area contributed by atoms with Crippen molar-refractivity contribution in [2.24, 2.45) is 16.6 Å². The van der Waals surface area contributed by atoms with Gasteiger partial charge in [-0.2, -0.15) is 0 Å². The van der Waals surface area contributed by atoms with Gasteiger partial charge in [-0.1, -0.05) is 42.5 Å². The molecule has 28 heavy (non-hydrogen) atoms. The van der Waals surface area contributed by atoms with Gasteiger partial charge in [0.1, 0.15) is 12.4 Å². The number of amidine groups is 1. The van der Waals surface area contributed by atoms with E-state index >= 15 is 0 Å². The van der Waals surface area contributed by atoms with E-state index in [0.29, 0.717) is 25.2 Å². The van der Waals surface area contributed by atoms with Gasteiger partial charge in [-0.15, -0.1) is 0 Å². The summed E-state index contributed by atoms with van der Waals surface area (Å²) in [5.41, 5.74) is 7.61. The molecule has 1 fully saturated rings. The predicted molar refractivity (Wildman–Crippen MR) is 106 cm³/mol. The predicted octanol–water partition coefficient (Wildman–Crippen LogP) is 0.926. The van der Waals surface area contributed by atoms with Crippen molar-refractivity contribution in [1.82, 2.24) is 9.62 Å². The first-order valence-corrected chi connectivity index (χ1v) is 10.7. The van der Waals surface area contributed by atoms with E-state index < -0.39 is 10.0 Å². The number of nitrogens with one attached hydrogen (secondary N) is 1. The number of aliphatic imine (C=N–C) groups is 1. The van der Waals surface area contributed by atoms with Crippen molar-refractivity contribution in [2.45, 2.75) is 10.8 Å². The van der Waals surface area contributed by atoms with Crippen LogP contribution in [0, 0.1) is 5.92 Å². The normalized spacial score (nSPS) is 24.2. The molecule has 0 saturated carbocycles. The molecule has 2 aliphatic heterocycles. The first-order chi connectivity index (χ1) is 13.5. The number of nitrogens with zero attached hydrogens (tertiary/aromatic N) is 2. The zero-order valence-corrected chi connectivity index (χ0v) is 16.1. The number of likely N-dealkylation sites (tertiary alicyclic amines) is 1. The van der Waals surface area contributed by atoms with E-state index in [1.165, 1.54) is 11.6 Å². The molecule has 8 heteroatoms. The Morgan fingerprint density at radius 1 is 1.11 bits per heavy atom. The summed E-state index contributed by atoms with van der Waals surface area (Å²) in [6, 6.07) is 16.7. The summed E-state index contributed by atoms with van der Waals surface area (Å²) < 4.78 is 26.7. The van der Waals surface area contributed by atoms with Gasteiger partial charge in [0, 0.05) is 24.6 Å². The smallest absolute Gasteiger partial charge is 0.263 e. The minimum Gasteiger partial charge on any atom is -0.340 e. The van der Waals surface area contributed by atoms with E-state index in [9.17, 15) is 13.2 Å². The SMILES string of the molecule is NC[C@@H]1CN(C(=O)CN=C2NS(=O)(=O)c3ccccc32)C[C@H]1c1ccccc1. The Bertz CT molecular complexity index is 1020. The van der Waals surface area contributed by atoms with Crippen LogP contribution in [0.25, 0.3) is 0 Å². The zero-order valence-electron chi connectivity index (χ0n) is 15.3.